The Labute approximate surface area is 107 Å². The number of halogens is 1. The largest absolute Gasteiger partial charge is 0.478 e. The van der Waals surface area contributed by atoms with Gasteiger partial charge in [-0.3, -0.25) is 0 Å². The van der Waals surface area contributed by atoms with Crippen molar-refractivity contribution in [3.05, 3.63) is 35.7 Å². The van der Waals surface area contributed by atoms with E-state index in [1.165, 1.54) is 6.39 Å². The molecule has 2 aromatic rings. The van der Waals surface area contributed by atoms with Crippen LogP contribution in [0.15, 0.2) is 23.0 Å². The van der Waals surface area contributed by atoms with Gasteiger partial charge < -0.3 is 20.7 Å². The summed E-state index contributed by atoms with van der Waals surface area (Å²) in [4.78, 5) is 14.7. The molecule has 8 heteroatoms. The van der Waals surface area contributed by atoms with Crippen LogP contribution in [0.25, 0.3) is 0 Å². The zero-order valence-electron chi connectivity index (χ0n) is 9.76. The number of nitrogen functional groups attached to an aromatic ring is 1. The Kier molecular flexibility index (Phi) is 3.60. The molecule has 0 unspecified atom stereocenters. The molecule has 1 heterocycles. The highest BCUT2D eigenvalue weighted by Gasteiger charge is 2.13. The van der Waals surface area contributed by atoms with Gasteiger partial charge in [0.15, 0.2) is 5.82 Å². The van der Waals surface area contributed by atoms with Gasteiger partial charge in [-0.2, -0.15) is 4.98 Å². The lowest BCUT2D eigenvalue weighted by molar-refractivity contribution is 0.0698. The second kappa shape index (κ2) is 5.34. The number of hydrogen-bond donors (Lipinski definition) is 3. The fourth-order valence-electron chi connectivity index (χ4n) is 1.52. The van der Waals surface area contributed by atoms with Crippen molar-refractivity contribution in [2.45, 2.75) is 6.42 Å². The van der Waals surface area contributed by atoms with Crippen molar-refractivity contribution in [2.75, 3.05) is 17.6 Å². The maximum Gasteiger partial charge on any atom is 0.337 e. The Bertz CT molecular complexity index is 586. The van der Waals surface area contributed by atoms with Crippen molar-refractivity contribution >= 4 is 17.3 Å². The molecule has 1 aromatic heterocycles. The van der Waals surface area contributed by atoms with Gasteiger partial charge in [-0.1, -0.05) is 5.16 Å². The van der Waals surface area contributed by atoms with Crippen molar-refractivity contribution < 1.29 is 18.8 Å². The third kappa shape index (κ3) is 2.97. The van der Waals surface area contributed by atoms with E-state index in [2.05, 4.69) is 20.0 Å². The molecule has 0 amide bonds. The standard InChI is InChI=1S/C11H11FN4O3/c12-7-4-8(13)6(11(17)18)3-9(7)14-2-1-10-15-5-19-16-10/h3-5,14H,1-2,13H2,(H,17,18). The molecule has 19 heavy (non-hydrogen) atoms. The molecule has 0 aliphatic carbocycles. The Morgan fingerprint density at radius 2 is 2.32 bits per heavy atom. The molecule has 0 aliphatic rings. The summed E-state index contributed by atoms with van der Waals surface area (Å²) < 4.78 is 18.1. The molecule has 2 rings (SSSR count). The number of aromatic carboxylic acids is 1. The topological polar surface area (TPSA) is 114 Å². The number of nitrogens with two attached hydrogens (primary N) is 1. The lowest BCUT2D eigenvalue weighted by Gasteiger charge is -2.09. The predicted octanol–water partition coefficient (Wildman–Crippen LogP) is 1.14. The lowest BCUT2D eigenvalue weighted by atomic mass is 10.1. The summed E-state index contributed by atoms with van der Waals surface area (Å²) in [7, 11) is 0. The quantitative estimate of drug-likeness (QED) is 0.695. The van der Waals surface area contributed by atoms with Gasteiger partial charge in [0.25, 0.3) is 0 Å². The smallest absolute Gasteiger partial charge is 0.337 e. The molecule has 0 aliphatic heterocycles. The molecule has 1 aromatic carbocycles. The van der Waals surface area contributed by atoms with Crippen LogP contribution in [0.1, 0.15) is 16.2 Å². The first-order valence-electron chi connectivity index (χ1n) is 5.39. The van der Waals surface area contributed by atoms with Crippen LogP contribution in [0.5, 0.6) is 0 Å². The molecule has 0 saturated heterocycles. The molecule has 7 nitrogen and oxygen atoms in total. The van der Waals surface area contributed by atoms with E-state index in [1.807, 2.05) is 0 Å². The normalized spacial score (nSPS) is 10.4. The van der Waals surface area contributed by atoms with Crippen LogP contribution in [-0.2, 0) is 6.42 Å². The van der Waals surface area contributed by atoms with Gasteiger partial charge in [-0.25, -0.2) is 9.18 Å². The summed E-state index contributed by atoms with van der Waals surface area (Å²) in [6, 6.07) is 2.13. The van der Waals surface area contributed by atoms with Crippen LogP contribution >= 0.6 is 0 Å². The summed E-state index contributed by atoms with van der Waals surface area (Å²) in [6.45, 7) is 0.333. The van der Waals surface area contributed by atoms with E-state index in [-0.39, 0.29) is 16.9 Å². The predicted molar refractivity (Wildman–Crippen MR) is 64.3 cm³/mol. The fraction of sp³-hybridized carbons (Fsp3) is 0.182. The number of aromatic nitrogens is 2. The van der Waals surface area contributed by atoms with Gasteiger partial charge >= 0.3 is 5.97 Å². The number of anilines is 2. The summed E-state index contributed by atoms with van der Waals surface area (Å²) >= 11 is 0. The van der Waals surface area contributed by atoms with Crippen LogP contribution in [0.2, 0.25) is 0 Å². The number of nitrogens with zero attached hydrogens (tertiary/aromatic N) is 2. The average Bonchev–Trinajstić information content (AvgIpc) is 2.84. The second-order valence-corrected chi connectivity index (χ2v) is 3.75. The summed E-state index contributed by atoms with van der Waals surface area (Å²) in [5.74, 6) is -1.35. The third-order valence-corrected chi connectivity index (χ3v) is 2.44. The minimum absolute atomic E-state index is 0.0649. The van der Waals surface area contributed by atoms with E-state index in [1.54, 1.807) is 0 Å². The average molecular weight is 266 g/mol. The maximum atomic E-state index is 13.6. The van der Waals surface area contributed by atoms with Gasteiger partial charge in [0.2, 0.25) is 6.39 Å². The fourth-order valence-corrected chi connectivity index (χ4v) is 1.52. The molecular weight excluding hydrogens is 255 g/mol. The summed E-state index contributed by atoms with van der Waals surface area (Å²) in [5.41, 5.74) is 5.21. The Balaban J connectivity index is 2.07. The van der Waals surface area contributed by atoms with E-state index in [0.717, 1.165) is 12.1 Å². The van der Waals surface area contributed by atoms with Crippen LogP contribution in [0.3, 0.4) is 0 Å². The molecule has 0 fully saturated rings. The van der Waals surface area contributed by atoms with Gasteiger partial charge in [-0.05, 0) is 12.1 Å². The first-order chi connectivity index (χ1) is 9.08. The van der Waals surface area contributed by atoms with Gasteiger partial charge in [-0.15, -0.1) is 0 Å². The van der Waals surface area contributed by atoms with Crippen molar-refractivity contribution in [1.82, 2.24) is 10.1 Å². The van der Waals surface area contributed by atoms with E-state index in [0.29, 0.717) is 18.8 Å². The number of carboxylic acid groups (broad SMARTS) is 1. The van der Waals surface area contributed by atoms with Crippen LogP contribution in [0, 0.1) is 5.82 Å². The third-order valence-electron chi connectivity index (χ3n) is 2.44. The van der Waals surface area contributed by atoms with E-state index >= 15 is 0 Å². The Morgan fingerprint density at radius 3 is 2.95 bits per heavy atom. The summed E-state index contributed by atoms with van der Waals surface area (Å²) in [5, 5.41) is 15.2. The molecule has 0 saturated carbocycles. The molecule has 0 spiro atoms. The zero-order chi connectivity index (χ0) is 13.8. The molecule has 100 valence electrons. The maximum absolute atomic E-state index is 13.6. The molecule has 4 N–H and O–H groups in total. The van der Waals surface area contributed by atoms with Crippen molar-refractivity contribution in [2.24, 2.45) is 0 Å². The molecular formula is C11H11FN4O3. The van der Waals surface area contributed by atoms with Gasteiger partial charge in [0.05, 0.1) is 11.3 Å². The van der Waals surface area contributed by atoms with Gasteiger partial charge in [0.1, 0.15) is 5.82 Å². The first-order valence-corrected chi connectivity index (χ1v) is 5.39. The number of nitrogens with one attached hydrogen (secondary N) is 1. The minimum Gasteiger partial charge on any atom is -0.478 e. The molecule has 0 atom stereocenters. The molecule has 0 bridgehead atoms. The Hall–Kier alpha value is -2.64. The zero-order valence-corrected chi connectivity index (χ0v) is 9.76. The first kappa shape index (κ1) is 12.8. The van der Waals surface area contributed by atoms with Crippen LogP contribution < -0.4 is 11.1 Å². The highest BCUT2D eigenvalue weighted by molar-refractivity contribution is 5.94. The second-order valence-electron chi connectivity index (χ2n) is 3.75. The van der Waals surface area contributed by atoms with Crippen molar-refractivity contribution in [3.63, 3.8) is 0 Å². The summed E-state index contributed by atoms with van der Waals surface area (Å²) in [6.07, 6.45) is 1.62. The number of rotatable bonds is 5. The SMILES string of the molecule is Nc1cc(F)c(NCCc2ncon2)cc1C(=O)O. The van der Waals surface area contributed by atoms with Crippen LogP contribution in [-0.4, -0.2) is 27.8 Å². The minimum atomic E-state index is -1.21. The number of hydrogen-bond acceptors (Lipinski definition) is 6. The van der Waals surface area contributed by atoms with E-state index < -0.39 is 11.8 Å². The van der Waals surface area contributed by atoms with E-state index in [9.17, 15) is 9.18 Å². The van der Waals surface area contributed by atoms with Crippen LogP contribution in [0.4, 0.5) is 15.8 Å². The highest BCUT2D eigenvalue weighted by atomic mass is 19.1. The number of carboxylic acids is 1. The van der Waals surface area contributed by atoms with Crippen molar-refractivity contribution in [1.29, 1.82) is 0 Å². The Morgan fingerprint density at radius 1 is 1.53 bits per heavy atom. The van der Waals surface area contributed by atoms with Crippen molar-refractivity contribution in [3.8, 4) is 0 Å². The molecule has 0 radical (unpaired) electrons. The monoisotopic (exact) mass is 266 g/mol. The highest BCUT2D eigenvalue weighted by Crippen LogP contribution is 2.22. The van der Waals surface area contributed by atoms with E-state index in [4.69, 9.17) is 10.8 Å². The number of carbonyl (C=O) groups is 1. The number of benzene rings is 1. The lowest BCUT2D eigenvalue weighted by Crippen LogP contribution is -2.10. The van der Waals surface area contributed by atoms with Gasteiger partial charge in [0, 0.05) is 18.7 Å².